The predicted molar refractivity (Wildman–Crippen MR) is 36.6 cm³/mol. The number of aliphatic hydroxyl groups is 3. The van der Waals surface area contributed by atoms with Gasteiger partial charge in [0.2, 0.25) is 0 Å². The number of rotatable bonds is 1. The molecule has 0 unspecified atom stereocenters. The van der Waals surface area contributed by atoms with E-state index < -0.39 is 24.5 Å². The lowest BCUT2D eigenvalue weighted by molar-refractivity contribution is -0.216. The van der Waals surface area contributed by atoms with E-state index in [2.05, 4.69) is 0 Å². The van der Waals surface area contributed by atoms with Crippen molar-refractivity contribution in [2.75, 3.05) is 6.61 Å². The molecule has 0 aromatic carbocycles. The Balaban J connectivity index is 2.48. The summed E-state index contributed by atoms with van der Waals surface area (Å²) in [7, 11) is 0. The van der Waals surface area contributed by atoms with Crippen LogP contribution in [0.4, 0.5) is 0 Å². The number of ether oxygens (including phenoxy) is 1. The van der Waals surface area contributed by atoms with Crippen LogP contribution >= 0.6 is 0 Å². The van der Waals surface area contributed by atoms with Gasteiger partial charge in [-0.25, -0.2) is 0 Å². The van der Waals surface area contributed by atoms with Crippen LogP contribution in [0.2, 0.25) is 0 Å². The third-order valence-electron chi connectivity index (χ3n) is 1.80. The summed E-state index contributed by atoms with van der Waals surface area (Å²) in [6, 6.07) is -0.562. The first-order valence-corrected chi connectivity index (χ1v) is 3.53. The zero-order valence-electron chi connectivity index (χ0n) is 6.05. The Bertz CT molecular complexity index is 132. The summed E-state index contributed by atoms with van der Waals surface area (Å²) < 4.78 is 4.79. The van der Waals surface area contributed by atoms with Gasteiger partial charge in [0.1, 0.15) is 6.10 Å². The Labute approximate surface area is 64.4 Å². The molecule has 11 heavy (non-hydrogen) atoms. The molecule has 0 radical (unpaired) electrons. The highest BCUT2D eigenvalue weighted by Gasteiger charge is 2.33. The zero-order chi connectivity index (χ0) is 8.43. The Morgan fingerprint density at radius 2 is 2.09 bits per heavy atom. The van der Waals surface area contributed by atoms with Crippen LogP contribution in [-0.4, -0.2) is 46.5 Å². The standard InChI is InChI=1S/C6H13NO4/c7-3-1-4(9)5(2-8)11-6(3)10/h3-6,8-10H,1-2,7H2/t3-,4-,5+,6-/m0/s1. The molecule has 5 N–H and O–H groups in total. The van der Waals surface area contributed by atoms with Gasteiger partial charge in [0.15, 0.2) is 6.29 Å². The van der Waals surface area contributed by atoms with Crippen LogP contribution in [0.1, 0.15) is 6.42 Å². The highest BCUT2D eigenvalue weighted by atomic mass is 16.6. The fourth-order valence-corrected chi connectivity index (χ4v) is 1.08. The Kier molecular flexibility index (Phi) is 2.80. The van der Waals surface area contributed by atoms with Gasteiger partial charge in [0.25, 0.3) is 0 Å². The van der Waals surface area contributed by atoms with Crippen molar-refractivity contribution in [1.82, 2.24) is 0 Å². The molecule has 5 heteroatoms. The minimum Gasteiger partial charge on any atom is -0.394 e. The SMILES string of the molecule is N[C@H]1C[C@H](O)[C@@H](CO)O[C@@H]1O. The van der Waals surface area contributed by atoms with Gasteiger partial charge in [0.05, 0.1) is 18.8 Å². The molecular weight excluding hydrogens is 150 g/mol. The van der Waals surface area contributed by atoms with Crippen molar-refractivity contribution in [3.8, 4) is 0 Å². The number of aliphatic hydroxyl groups excluding tert-OH is 3. The van der Waals surface area contributed by atoms with Gasteiger partial charge in [-0.15, -0.1) is 0 Å². The normalized spacial score (nSPS) is 45.8. The van der Waals surface area contributed by atoms with Crippen LogP contribution in [-0.2, 0) is 4.74 Å². The molecule has 0 aromatic heterocycles. The van der Waals surface area contributed by atoms with E-state index in [0.717, 1.165) is 0 Å². The van der Waals surface area contributed by atoms with Gasteiger partial charge in [-0.3, -0.25) is 0 Å². The van der Waals surface area contributed by atoms with E-state index in [-0.39, 0.29) is 13.0 Å². The van der Waals surface area contributed by atoms with E-state index in [1.165, 1.54) is 0 Å². The minimum atomic E-state index is -1.07. The number of hydrogen-bond acceptors (Lipinski definition) is 5. The Hall–Kier alpha value is -0.200. The molecule has 1 aliphatic heterocycles. The van der Waals surface area contributed by atoms with Gasteiger partial charge in [-0.05, 0) is 6.42 Å². The molecule has 0 aromatic rings. The molecule has 1 rings (SSSR count). The van der Waals surface area contributed by atoms with Gasteiger partial charge in [-0.2, -0.15) is 0 Å². The molecule has 0 aliphatic carbocycles. The Morgan fingerprint density at radius 1 is 1.45 bits per heavy atom. The van der Waals surface area contributed by atoms with Crippen molar-refractivity contribution in [3.63, 3.8) is 0 Å². The van der Waals surface area contributed by atoms with Gasteiger partial charge in [-0.1, -0.05) is 0 Å². The molecule has 1 fully saturated rings. The lowest BCUT2D eigenvalue weighted by atomic mass is 10.0. The third kappa shape index (κ3) is 1.88. The molecule has 66 valence electrons. The first-order valence-electron chi connectivity index (χ1n) is 3.53. The topological polar surface area (TPSA) is 95.9 Å². The molecule has 0 bridgehead atoms. The molecule has 4 atom stereocenters. The molecular formula is C6H13NO4. The van der Waals surface area contributed by atoms with E-state index in [1.807, 2.05) is 0 Å². The summed E-state index contributed by atoms with van der Waals surface area (Å²) in [6.07, 6.45) is -2.30. The molecule has 0 saturated carbocycles. The van der Waals surface area contributed by atoms with Gasteiger partial charge >= 0.3 is 0 Å². The van der Waals surface area contributed by atoms with E-state index in [4.69, 9.17) is 20.7 Å². The van der Waals surface area contributed by atoms with E-state index in [1.54, 1.807) is 0 Å². The maximum Gasteiger partial charge on any atom is 0.170 e. The smallest absolute Gasteiger partial charge is 0.170 e. The van der Waals surface area contributed by atoms with Crippen LogP contribution in [0.25, 0.3) is 0 Å². The second-order valence-corrected chi connectivity index (χ2v) is 2.71. The van der Waals surface area contributed by atoms with Crippen molar-refractivity contribution in [1.29, 1.82) is 0 Å². The van der Waals surface area contributed by atoms with Gasteiger partial charge in [0, 0.05) is 0 Å². The third-order valence-corrected chi connectivity index (χ3v) is 1.80. The Morgan fingerprint density at radius 3 is 2.64 bits per heavy atom. The highest BCUT2D eigenvalue weighted by molar-refractivity contribution is 4.81. The molecule has 1 heterocycles. The highest BCUT2D eigenvalue weighted by Crippen LogP contribution is 2.16. The van der Waals surface area contributed by atoms with E-state index >= 15 is 0 Å². The van der Waals surface area contributed by atoms with Crippen LogP contribution in [0, 0.1) is 0 Å². The van der Waals surface area contributed by atoms with Crippen molar-refractivity contribution in [3.05, 3.63) is 0 Å². The second-order valence-electron chi connectivity index (χ2n) is 2.71. The number of nitrogens with two attached hydrogens (primary N) is 1. The average Bonchev–Trinajstić information content (AvgIpc) is 1.97. The van der Waals surface area contributed by atoms with Crippen molar-refractivity contribution in [2.24, 2.45) is 5.73 Å². The summed E-state index contributed by atoms with van der Waals surface area (Å²) in [6.45, 7) is -0.301. The molecule has 0 amide bonds. The fraction of sp³-hybridized carbons (Fsp3) is 1.00. The maximum atomic E-state index is 9.18. The zero-order valence-corrected chi connectivity index (χ0v) is 6.05. The van der Waals surface area contributed by atoms with E-state index in [0.29, 0.717) is 0 Å². The van der Waals surface area contributed by atoms with Crippen molar-refractivity contribution in [2.45, 2.75) is 31.0 Å². The summed E-state index contributed by atoms with van der Waals surface area (Å²) >= 11 is 0. The monoisotopic (exact) mass is 163 g/mol. The summed E-state index contributed by atoms with van der Waals surface area (Å²) in [4.78, 5) is 0. The lowest BCUT2D eigenvalue weighted by Gasteiger charge is -2.34. The van der Waals surface area contributed by atoms with Crippen LogP contribution in [0.3, 0.4) is 0 Å². The van der Waals surface area contributed by atoms with Crippen molar-refractivity contribution < 1.29 is 20.1 Å². The largest absolute Gasteiger partial charge is 0.394 e. The maximum absolute atomic E-state index is 9.18. The summed E-state index contributed by atoms with van der Waals surface area (Å²) in [5, 5.41) is 26.8. The predicted octanol–water partition coefficient (Wildman–Crippen LogP) is -2.23. The first-order chi connectivity index (χ1) is 5.15. The van der Waals surface area contributed by atoms with Crippen LogP contribution in [0.5, 0.6) is 0 Å². The second kappa shape index (κ2) is 3.46. The molecule has 1 aliphatic rings. The lowest BCUT2D eigenvalue weighted by Crippen LogP contribution is -2.52. The minimum absolute atomic E-state index is 0.256. The summed E-state index contributed by atoms with van der Waals surface area (Å²) in [5.74, 6) is 0. The van der Waals surface area contributed by atoms with E-state index in [9.17, 15) is 5.11 Å². The summed E-state index contributed by atoms with van der Waals surface area (Å²) in [5.41, 5.74) is 5.37. The number of hydrogen-bond donors (Lipinski definition) is 4. The van der Waals surface area contributed by atoms with Crippen LogP contribution < -0.4 is 5.73 Å². The van der Waals surface area contributed by atoms with Gasteiger partial charge < -0.3 is 25.8 Å². The fourth-order valence-electron chi connectivity index (χ4n) is 1.08. The molecule has 5 nitrogen and oxygen atoms in total. The quantitative estimate of drug-likeness (QED) is 0.351. The van der Waals surface area contributed by atoms with Crippen molar-refractivity contribution >= 4 is 0 Å². The molecule has 0 spiro atoms. The van der Waals surface area contributed by atoms with Crippen LogP contribution in [0.15, 0.2) is 0 Å². The average molecular weight is 163 g/mol. The molecule has 1 saturated heterocycles. The first kappa shape index (κ1) is 8.89.